The number of carbonyl (C=O) groups is 1. The van der Waals surface area contributed by atoms with E-state index in [1.54, 1.807) is 18.6 Å². The molecule has 2 rings (SSSR count). The van der Waals surface area contributed by atoms with Crippen LogP contribution in [0, 0.1) is 0 Å². The van der Waals surface area contributed by atoms with Crippen LogP contribution in [-0.4, -0.2) is 32.2 Å². The minimum Gasteiger partial charge on any atom is -0.477 e. The molecule has 0 unspecified atom stereocenters. The molecule has 0 saturated carbocycles. The number of aromatic nitrogens is 3. The summed E-state index contributed by atoms with van der Waals surface area (Å²) in [6, 6.07) is 3.25. The molecule has 0 saturated heterocycles. The molecule has 6 nitrogen and oxygen atoms in total. The first-order chi connectivity index (χ1) is 8.25. The molecule has 0 bridgehead atoms. The highest BCUT2D eigenvalue weighted by Gasteiger charge is 2.04. The highest BCUT2D eigenvalue weighted by molar-refractivity contribution is 5.86. The van der Waals surface area contributed by atoms with Gasteiger partial charge in [-0.25, -0.2) is 14.8 Å². The number of pyridine rings is 1. The quantitative estimate of drug-likeness (QED) is 0.806. The molecule has 2 heterocycles. The van der Waals surface area contributed by atoms with Crippen molar-refractivity contribution in [2.24, 2.45) is 0 Å². The fraction of sp³-hybridized carbons (Fsp3) is 0.182. The Kier molecular flexibility index (Phi) is 3.34. The molecule has 0 amide bonds. The summed E-state index contributed by atoms with van der Waals surface area (Å²) in [6.45, 7) is 1.46. The second kappa shape index (κ2) is 5.11. The number of carboxylic acid groups (broad SMARTS) is 1. The Balaban J connectivity index is 1.90. The van der Waals surface area contributed by atoms with Crippen molar-refractivity contribution in [3.05, 3.63) is 42.7 Å². The lowest BCUT2D eigenvalue weighted by Crippen LogP contribution is -2.10. The second-order valence-corrected chi connectivity index (χ2v) is 3.46. The fourth-order valence-electron chi connectivity index (χ4n) is 1.41. The molecule has 0 fully saturated rings. The minimum absolute atomic E-state index is 0.0395. The average molecular weight is 232 g/mol. The number of hydrogen-bond donors (Lipinski definition) is 2. The summed E-state index contributed by atoms with van der Waals surface area (Å²) < 4.78 is 1.94. The van der Waals surface area contributed by atoms with Gasteiger partial charge in [0.1, 0.15) is 5.69 Å². The van der Waals surface area contributed by atoms with E-state index in [2.05, 4.69) is 15.3 Å². The molecule has 0 atom stereocenters. The van der Waals surface area contributed by atoms with Gasteiger partial charge >= 0.3 is 5.97 Å². The number of hydrogen-bond acceptors (Lipinski definition) is 4. The van der Waals surface area contributed by atoms with Crippen LogP contribution in [0.5, 0.6) is 0 Å². The number of anilines is 1. The molecule has 88 valence electrons. The molecule has 0 aliphatic carbocycles. The molecule has 17 heavy (non-hydrogen) atoms. The van der Waals surface area contributed by atoms with Crippen LogP contribution in [0.3, 0.4) is 0 Å². The van der Waals surface area contributed by atoms with Gasteiger partial charge in [-0.2, -0.15) is 0 Å². The van der Waals surface area contributed by atoms with Gasteiger partial charge in [0.2, 0.25) is 0 Å². The predicted octanol–water partition coefficient (Wildman–Crippen LogP) is 1.09. The Labute approximate surface area is 97.9 Å². The Bertz CT molecular complexity index is 496. The summed E-state index contributed by atoms with van der Waals surface area (Å²) in [5, 5.41) is 11.9. The van der Waals surface area contributed by atoms with Gasteiger partial charge in [-0.05, 0) is 12.1 Å². The maximum Gasteiger partial charge on any atom is 0.354 e. The van der Waals surface area contributed by atoms with Gasteiger partial charge in [-0.3, -0.25) is 0 Å². The Morgan fingerprint density at radius 3 is 3.06 bits per heavy atom. The zero-order valence-corrected chi connectivity index (χ0v) is 9.08. The molecule has 2 aromatic rings. The Hall–Kier alpha value is -2.37. The van der Waals surface area contributed by atoms with E-state index in [0.29, 0.717) is 6.54 Å². The first kappa shape index (κ1) is 11.1. The van der Waals surface area contributed by atoms with Crippen LogP contribution in [-0.2, 0) is 6.54 Å². The number of imidazole rings is 1. The SMILES string of the molecule is O=C(O)c1cc(NCCn2ccnc2)ccn1. The van der Waals surface area contributed by atoms with E-state index in [1.807, 2.05) is 10.8 Å². The molecular weight excluding hydrogens is 220 g/mol. The van der Waals surface area contributed by atoms with Crippen LogP contribution >= 0.6 is 0 Å². The first-order valence-corrected chi connectivity index (χ1v) is 5.14. The topological polar surface area (TPSA) is 80.0 Å². The van der Waals surface area contributed by atoms with Crippen LogP contribution in [0.1, 0.15) is 10.5 Å². The maximum atomic E-state index is 10.7. The summed E-state index contributed by atoms with van der Waals surface area (Å²) >= 11 is 0. The van der Waals surface area contributed by atoms with E-state index < -0.39 is 5.97 Å². The van der Waals surface area contributed by atoms with E-state index in [9.17, 15) is 4.79 Å². The third-order valence-electron chi connectivity index (χ3n) is 2.24. The number of carboxylic acids is 1. The fourth-order valence-corrected chi connectivity index (χ4v) is 1.41. The van der Waals surface area contributed by atoms with Crippen molar-refractivity contribution in [2.45, 2.75) is 6.54 Å². The van der Waals surface area contributed by atoms with Gasteiger partial charge in [0.15, 0.2) is 0 Å². The van der Waals surface area contributed by atoms with E-state index >= 15 is 0 Å². The van der Waals surface area contributed by atoms with Crippen LogP contribution in [0.4, 0.5) is 5.69 Å². The van der Waals surface area contributed by atoms with Crippen LogP contribution in [0.15, 0.2) is 37.1 Å². The van der Waals surface area contributed by atoms with Crippen molar-refractivity contribution in [3.63, 3.8) is 0 Å². The van der Waals surface area contributed by atoms with Gasteiger partial charge in [0.05, 0.1) is 6.33 Å². The predicted molar refractivity (Wildman–Crippen MR) is 61.9 cm³/mol. The van der Waals surface area contributed by atoms with Crippen molar-refractivity contribution in [3.8, 4) is 0 Å². The lowest BCUT2D eigenvalue weighted by Gasteiger charge is -2.07. The van der Waals surface area contributed by atoms with Gasteiger partial charge in [0, 0.05) is 37.4 Å². The van der Waals surface area contributed by atoms with E-state index in [4.69, 9.17) is 5.11 Å². The van der Waals surface area contributed by atoms with Crippen molar-refractivity contribution in [1.29, 1.82) is 0 Å². The Morgan fingerprint density at radius 1 is 1.47 bits per heavy atom. The molecule has 0 aliphatic heterocycles. The van der Waals surface area contributed by atoms with E-state index in [0.717, 1.165) is 12.2 Å². The lowest BCUT2D eigenvalue weighted by molar-refractivity contribution is 0.0690. The largest absolute Gasteiger partial charge is 0.477 e. The molecule has 2 N–H and O–H groups in total. The van der Waals surface area contributed by atoms with Gasteiger partial charge in [-0.15, -0.1) is 0 Å². The Morgan fingerprint density at radius 2 is 2.35 bits per heavy atom. The third kappa shape index (κ3) is 3.04. The second-order valence-electron chi connectivity index (χ2n) is 3.46. The van der Waals surface area contributed by atoms with Gasteiger partial charge in [0.25, 0.3) is 0 Å². The smallest absolute Gasteiger partial charge is 0.354 e. The summed E-state index contributed by atoms with van der Waals surface area (Å²) in [6.07, 6.45) is 6.80. The standard InChI is InChI=1S/C11H12N4O2/c16-11(17)10-7-9(1-2-14-10)13-4-6-15-5-3-12-8-15/h1-3,5,7-8H,4,6H2,(H,13,14)(H,16,17). The zero-order valence-electron chi connectivity index (χ0n) is 9.08. The highest BCUT2D eigenvalue weighted by atomic mass is 16.4. The van der Waals surface area contributed by atoms with Gasteiger partial charge in [-0.1, -0.05) is 0 Å². The highest BCUT2D eigenvalue weighted by Crippen LogP contribution is 2.07. The van der Waals surface area contributed by atoms with Crippen molar-refractivity contribution in [2.75, 3.05) is 11.9 Å². The number of nitrogens with zero attached hydrogens (tertiary/aromatic N) is 3. The molecule has 2 aromatic heterocycles. The lowest BCUT2D eigenvalue weighted by atomic mass is 10.3. The molecule has 0 radical (unpaired) electrons. The maximum absolute atomic E-state index is 10.7. The minimum atomic E-state index is -1.02. The summed E-state index contributed by atoms with van der Waals surface area (Å²) in [5.41, 5.74) is 0.787. The van der Waals surface area contributed by atoms with Crippen molar-refractivity contribution >= 4 is 11.7 Å². The monoisotopic (exact) mass is 232 g/mol. The third-order valence-corrected chi connectivity index (χ3v) is 2.24. The van der Waals surface area contributed by atoms with Crippen LogP contribution in [0.25, 0.3) is 0 Å². The molecule has 0 spiro atoms. The summed E-state index contributed by atoms with van der Waals surface area (Å²) in [5.74, 6) is -1.02. The average Bonchev–Trinajstić information content (AvgIpc) is 2.82. The van der Waals surface area contributed by atoms with Crippen molar-refractivity contribution in [1.82, 2.24) is 14.5 Å². The number of rotatable bonds is 5. The molecule has 0 aliphatic rings. The van der Waals surface area contributed by atoms with Crippen molar-refractivity contribution < 1.29 is 9.90 Å². The molecule has 6 heteroatoms. The van der Waals surface area contributed by atoms with E-state index in [-0.39, 0.29) is 5.69 Å². The summed E-state index contributed by atoms with van der Waals surface area (Å²) in [7, 11) is 0. The molecule has 0 aromatic carbocycles. The first-order valence-electron chi connectivity index (χ1n) is 5.14. The van der Waals surface area contributed by atoms with E-state index in [1.165, 1.54) is 12.3 Å². The summed E-state index contributed by atoms with van der Waals surface area (Å²) in [4.78, 5) is 18.4. The van der Waals surface area contributed by atoms with Crippen LogP contribution in [0.2, 0.25) is 0 Å². The van der Waals surface area contributed by atoms with Gasteiger partial charge < -0.3 is 15.0 Å². The number of aromatic carboxylic acids is 1. The molecular formula is C11H12N4O2. The normalized spacial score (nSPS) is 10.1. The number of nitrogens with one attached hydrogen (secondary N) is 1. The van der Waals surface area contributed by atoms with Crippen LogP contribution < -0.4 is 5.32 Å². The zero-order chi connectivity index (χ0) is 12.1.